The van der Waals surface area contributed by atoms with Crippen LogP contribution in [0.5, 0.6) is 0 Å². The number of carbonyl (C=O) groups excluding carboxylic acids is 3. The Kier molecular flexibility index (Phi) is 6.46. The smallest absolute Gasteiger partial charge is 0.255 e. The minimum Gasteiger partial charge on any atom is -0.351 e. The van der Waals surface area contributed by atoms with Crippen LogP contribution in [-0.4, -0.2) is 17.7 Å². The highest BCUT2D eigenvalue weighted by Gasteiger charge is 2.10. The molecule has 3 N–H and O–H groups in total. The van der Waals surface area contributed by atoms with Gasteiger partial charge >= 0.3 is 0 Å². The first-order chi connectivity index (χ1) is 12.5. The van der Waals surface area contributed by atoms with Crippen LogP contribution >= 0.6 is 0 Å². The van der Waals surface area contributed by atoms with Gasteiger partial charge in [0.1, 0.15) is 6.42 Å². The highest BCUT2D eigenvalue weighted by molar-refractivity contribution is 6.05. The van der Waals surface area contributed by atoms with Crippen LogP contribution in [0.2, 0.25) is 0 Å². The fraction of sp³-hybridized carbons (Fsp3) is 0.158. The van der Waals surface area contributed by atoms with Gasteiger partial charge in [-0.05, 0) is 29.8 Å². The van der Waals surface area contributed by atoms with Crippen molar-refractivity contribution in [3.8, 4) is 6.07 Å². The molecule has 3 amide bonds. The van der Waals surface area contributed by atoms with E-state index in [0.29, 0.717) is 22.5 Å². The fourth-order valence-corrected chi connectivity index (χ4v) is 2.26. The second-order valence-electron chi connectivity index (χ2n) is 5.48. The van der Waals surface area contributed by atoms with Crippen LogP contribution in [0, 0.1) is 11.3 Å². The summed E-state index contributed by atoms with van der Waals surface area (Å²) in [4.78, 5) is 35.1. The van der Waals surface area contributed by atoms with Gasteiger partial charge in [-0.1, -0.05) is 24.3 Å². The van der Waals surface area contributed by atoms with E-state index in [1.54, 1.807) is 54.6 Å². The third-order valence-corrected chi connectivity index (χ3v) is 3.43. The number of benzene rings is 2. The number of nitrogens with zero attached hydrogens (tertiary/aromatic N) is 1. The van der Waals surface area contributed by atoms with Gasteiger partial charge in [0.15, 0.2) is 0 Å². The minimum atomic E-state index is -0.378. The van der Waals surface area contributed by atoms with E-state index in [4.69, 9.17) is 5.26 Å². The number of para-hydroxylation sites is 1. The predicted octanol–water partition coefficient (Wildman–Crippen LogP) is 2.43. The largest absolute Gasteiger partial charge is 0.351 e. The van der Waals surface area contributed by atoms with E-state index in [0.717, 1.165) is 0 Å². The number of nitrogens with one attached hydrogen (secondary N) is 3. The van der Waals surface area contributed by atoms with Crippen molar-refractivity contribution in [2.45, 2.75) is 19.9 Å². The molecule has 26 heavy (non-hydrogen) atoms. The van der Waals surface area contributed by atoms with Gasteiger partial charge in [0.2, 0.25) is 11.8 Å². The summed E-state index contributed by atoms with van der Waals surface area (Å²) in [6.45, 7) is 1.59. The van der Waals surface area contributed by atoms with Gasteiger partial charge in [-0.25, -0.2) is 0 Å². The molecular weight excluding hydrogens is 332 g/mol. The van der Waals surface area contributed by atoms with Crippen molar-refractivity contribution >= 4 is 29.1 Å². The Morgan fingerprint density at radius 3 is 2.54 bits per heavy atom. The van der Waals surface area contributed by atoms with Crippen LogP contribution < -0.4 is 16.0 Å². The summed E-state index contributed by atoms with van der Waals surface area (Å²) < 4.78 is 0. The topological polar surface area (TPSA) is 111 Å². The molecule has 0 aliphatic carbocycles. The summed E-state index contributed by atoms with van der Waals surface area (Å²) in [6, 6.07) is 15.4. The summed E-state index contributed by atoms with van der Waals surface area (Å²) in [5.74, 6) is -0.939. The predicted molar refractivity (Wildman–Crippen MR) is 97.2 cm³/mol. The lowest BCUT2D eigenvalue weighted by Crippen LogP contribution is -2.23. The molecule has 2 aromatic rings. The zero-order chi connectivity index (χ0) is 18.9. The van der Waals surface area contributed by atoms with Gasteiger partial charge in [0.05, 0.1) is 6.07 Å². The van der Waals surface area contributed by atoms with E-state index < -0.39 is 0 Å². The maximum Gasteiger partial charge on any atom is 0.255 e. The van der Waals surface area contributed by atoms with Gasteiger partial charge in [0.25, 0.3) is 5.91 Å². The van der Waals surface area contributed by atoms with Crippen LogP contribution in [0.15, 0.2) is 48.5 Å². The monoisotopic (exact) mass is 350 g/mol. The number of nitriles is 1. The van der Waals surface area contributed by atoms with E-state index in [2.05, 4.69) is 16.0 Å². The number of anilines is 2. The lowest BCUT2D eigenvalue weighted by Gasteiger charge is -2.12. The Labute approximate surface area is 151 Å². The highest BCUT2D eigenvalue weighted by Crippen LogP contribution is 2.17. The molecular formula is C19H18N4O3. The standard InChI is InChI=1S/C19H18N4O3/c1-13(24)22-16-7-4-6-14(11-16)19(26)23-17-8-3-2-5-15(17)12-21-18(25)9-10-20/h2-8,11H,9,12H2,1H3,(H,21,25)(H,22,24)(H,23,26). The minimum absolute atomic E-state index is 0.197. The quantitative estimate of drug-likeness (QED) is 0.743. The molecule has 2 aromatic carbocycles. The number of carbonyl (C=O) groups is 3. The first kappa shape index (κ1) is 18.7. The molecule has 0 spiro atoms. The molecule has 0 aliphatic heterocycles. The second kappa shape index (κ2) is 8.99. The van der Waals surface area contributed by atoms with Crippen molar-refractivity contribution in [2.24, 2.45) is 0 Å². The fourth-order valence-electron chi connectivity index (χ4n) is 2.26. The average Bonchev–Trinajstić information content (AvgIpc) is 2.61. The molecule has 0 aliphatic rings. The van der Waals surface area contributed by atoms with Crippen LogP contribution in [0.4, 0.5) is 11.4 Å². The summed E-state index contributed by atoms with van der Waals surface area (Å²) in [7, 11) is 0. The first-order valence-corrected chi connectivity index (χ1v) is 7.90. The normalized spacial score (nSPS) is 9.69. The molecule has 0 saturated carbocycles. The van der Waals surface area contributed by atoms with Gasteiger partial charge in [-0.2, -0.15) is 5.26 Å². The van der Waals surface area contributed by atoms with E-state index in [-0.39, 0.29) is 30.7 Å². The van der Waals surface area contributed by atoms with Gasteiger partial charge in [0, 0.05) is 30.4 Å². The maximum absolute atomic E-state index is 12.5. The van der Waals surface area contributed by atoms with Crippen molar-refractivity contribution in [3.63, 3.8) is 0 Å². The lowest BCUT2D eigenvalue weighted by atomic mass is 10.1. The van der Waals surface area contributed by atoms with Crippen LogP contribution in [0.1, 0.15) is 29.3 Å². The van der Waals surface area contributed by atoms with Gasteiger partial charge < -0.3 is 16.0 Å². The molecule has 0 heterocycles. The maximum atomic E-state index is 12.5. The van der Waals surface area contributed by atoms with Gasteiger partial charge in [-0.3, -0.25) is 14.4 Å². The first-order valence-electron chi connectivity index (χ1n) is 7.90. The Morgan fingerprint density at radius 1 is 1.04 bits per heavy atom. The Morgan fingerprint density at radius 2 is 1.81 bits per heavy atom. The Balaban J connectivity index is 2.11. The summed E-state index contributed by atoms with van der Waals surface area (Å²) in [5, 5.41) is 16.6. The van der Waals surface area contributed by atoms with E-state index in [1.165, 1.54) is 6.92 Å². The molecule has 7 heteroatoms. The van der Waals surface area contributed by atoms with Crippen LogP contribution in [0.25, 0.3) is 0 Å². The second-order valence-corrected chi connectivity index (χ2v) is 5.48. The van der Waals surface area contributed by atoms with Crippen molar-refractivity contribution in [1.82, 2.24) is 5.32 Å². The molecule has 0 aromatic heterocycles. The Bertz CT molecular complexity index is 871. The number of hydrogen-bond donors (Lipinski definition) is 3. The van der Waals surface area contributed by atoms with Crippen LogP contribution in [0.3, 0.4) is 0 Å². The molecule has 132 valence electrons. The third kappa shape index (κ3) is 5.46. The zero-order valence-electron chi connectivity index (χ0n) is 14.2. The number of hydrogen-bond acceptors (Lipinski definition) is 4. The van der Waals surface area contributed by atoms with E-state index >= 15 is 0 Å². The number of amides is 3. The summed E-state index contributed by atoms with van der Waals surface area (Å²) in [5.41, 5.74) is 2.19. The van der Waals surface area contributed by atoms with Crippen LogP contribution in [-0.2, 0) is 16.1 Å². The molecule has 0 atom stereocenters. The molecule has 7 nitrogen and oxygen atoms in total. The molecule has 0 saturated heterocycles. The molecule has 0 bridgehead atoms. The Hall–Kier alpha value is -3.66. The third-order valence-electron chi connectivity index (χ3n) is 3.43. The average molecular weight is 350 g/mol. The molecule has 0 fully saturated rings. The van der Waals surface area contributed by atoms with E-state index in [9.17, 15) is 14.4 Å². The molecule has 2 rings (SSSR count). The van der Waals surface area contributed by atoms with Crippen molar-refractivity contribution in [3.05, 3.63) is 59.7 Å². The highest BCUT2D eigenvalue weighted by atomic mass is 16.2. The zero-order valence-corrected chi connectivity index (χ0v) is 14.2. The summed E-state index contributed by atoms with van der Waals surface area (Å²) in [6.07, 6.45) is -0.218. The van der Waals surface area contributed by atoms with Crippen molar-refractivity contribution in [2.75, 3.05) is 10.6 Å². The SMILES string of the molecule is CC(=O)Nc1cccc(C(=O)Nc2ccccc2CNC(=O)CC#N)c1. The van der Waals surface area contributed by atoms with Crippen molar-refractivity contribution < 1.29 is 14.4 Å². The lowest BCUT2D eigenvalue weighted by molar-refractivity contribution is -0.120. The molecule has 0 unspecified atom stereocenters. The van der Waals surface area contributed by atoms with Gasteiger partial charge in [-0.15, -0.1) is 0 Å². The number of rotatable bonds is 6. The summed E-state index contributed by atoms with van der Waals surface area (Å²) >= 11 is 0. The molecule has 0 radical (unpaired) electrons. The van der Waals surface area contributed by atoms with E-state index in [1.807, 2.05) is 0 Å². The van der Waals surface area contributed by atoms with Crippen molar-refractivity contribution in [1.29, 1.82) is 5.26 Å².